The maximum absolute atomic E-state index is 12.3. The van der Waals surface area contributed by atoms with Crippen LogP contribution in [-0.4, -0.2) is 30.5 Å². The Bertz CT molecular complexity index is 590. The van der Waals surface area contributed by atoms with Gasteiger partial charge >= 0.3 is 5.97 Å². The van der Waals surface area contributed by atoms with Gasteiger partial charge < -0.3 is 5.11 Å². The van der Waals surface area contributed by atoms with E-state index in [1.54, 1.807) is 0 Å². The Balaban J connectivity index is 1.85. The van der Waals surface area contributed by atoms with Crippen LogP contribution in [0.2, 0.25) is 0 Å². The summed E-state index contributed by atoms with van der Waals surface area (Å²) >= 11 is 0.849. The molecule has 1 aromatic rings. The fourth-order valence-electron chi connectivity index (χ4n) is 2.29. The van der Waals surface area contributed by atoms with E-state index in [9.17, 15) is 13.2 Å². The first-order valence-corrected chi connectivity index (χ1v) is 8.54. The lowest BCUT2D eigenvalue weighted by molar-refractivity contribution is 0.0687. The van der Waals surface area contributed by atoms with Crippen molar-refractivity contribution in [1.82, 2.24) is 9.71 Å². The third-order valence-corrected chi connectivity index (χ3v) is 6.36. The van der Waals surface area contributed by atoms with E-state index >= 15 is 0 Å². The standard InChI is InChI=1S/C11H14N2O4S2/c14-10(15)9-11(18-5-12-9)19(16,17)13-8(6-1-2-6)7-3-4-7/h5-8,13H,1-4H2,(H,14,15). The fraction of sp³-hybridized carbons (Fsp3) is 0.636. The number of nitrogens with one attached hydrogen (secondary N) is 1. The molecule has 0 bridgehead atoms. The SMILES string of the molecule is O=C(O)c1ncsc1S(=O)(=O)NC(C1CC1)C1CC1. The van der Waals surface area contributed by atoms with Crippen molar-refractivity contribution in [2.45, 2.75) is 35.9 Å². The third kappa shape index (κ3) is 2.65. The predicted octanol–water partition coefficient (Wildman–Crippen LogP) is 1.31. The van der Waals surface area contributed by atoms with Crippen LogP contribution in [-0.2, 0) is 10.0 Å². The van der Waals surface area contributed by atoms with Crippen molar-refractivity contribution in [3.05, 3.63) is 11.2 Å². The molecule has 0 radical (unpaired) electrons. The Morgan fingerprint density at radius 3 is 2.42 bits per heavy atom. The van der Waals surface area contributed by atoms with E-state index in [0.717, 1.165) is 37.0 Å². The number of carboxylic acid groups (broad SMARTS) is 1. The highest BCUT2D eigenvalue weighted by molar-refractivity contribution is 7.91. The van der Waals surface area contributed by atoms with Crippen LogP contribution in [0.15, 0.2) is 9.72 Å². The molecule has 0 spiro atoms. The minimum Gasteiger partial charge on any atom is -0.476 e. The van der Waals surface area contributed by atoms with Crippen LogP contribution in [0.1, 0.15) is 36.2 Å². The Morgan fingerprint density at radius 2 is 1.95 bits per heavy atom. The van der Waals surface area contributed by atoms with Crippen molar-refractivity contribution in [1.29, 1.82) is 0 Å². The van der Waals surface area contributed by atoms with Gasteiger partial charge in [-0.2, -0.15) is 0 Å². The van der Waals surface area contributed by atoms with Crippen LogP contribution in [0.4, 0.5) is 0 Å². The minimum absolute atomic E-state index is 0.0336. The molecule has 2 aliphatic carbocycles. The lowest BCUT2D eigenvalue weighted by Gasteiger charge is -2.17. The average Bonchev–Trinajstić information content (AvgIpc) is 3.24. The first-order chi connectivity index (χ1) is 8.99. The predicted molar refractivity (Wildman–Crippen MR) is 68.6 cm³/mol. The number of nitrogens with zero attached hydrogens (tertiary/aromatic N) is 1. The Hall–Kier alpha value is -0.990. The van der Waals surface area contributed by atoms with Crippen molar-refractivity contribution in [3.8, 4) is 0 Å². The highest BCUT2D eigenvalue weighted by Gasteiger charge is 2.44. The topological polar surface area (TPSA) is 96.4 Å². The van der Waals surface area contributed by atoms with E-state index in [0.29, 0.717) is 11.8 Å². The largest absolute Gasteiger partial charge is 0.476 e. The molecule has 0 unspecified atom stereocenters. The number of thiazole rings is 1. The summed E-state index contributed by atoms with van der Waals surface area (Å²) in [7, 11) is -3.78. The first-order valence-electron chi connectivity index (χ1n) is 6.18. The van der Waals surface area contributed by atoms with Gasteiger partial charge in [0.2, 0.25) is 0 Å². The molecule has 0 aromatic carbocycles. The molecule has 1 heterocycles. The first kappa shape index (κ1) is 13.0. The summed E-state index contributed by atoms with van der Waals surface area (Å²) in [6, 6.07) is -0.0336. The Morgan fingerprint density at radius 1 is 1.37 bits per heavy atom. The average molecular weight is 302 g/mol. The van der Waals surface area contributed by atoms with E-state index in [4.69, 9.17) is 5.11 Å². The van der Waals surface area contributed by atoms with E-state index in [-0.39, 0.29) is 15.9 Å². The van der Waals surface area contributed by atoms with Gasteiger partial charge in [-0.15, -0.1) is 11.3 Å². The van der Waals surface area contributed by atoms with Crippen LogP contribution in [0.3, 0.4) is 0 Å². The van der Waals surface area contributed by atoms with Gasteiger partial charge in [-0.25, -0.2) is 22.9 Å². The Kier molecular flexibility index (Phi) is 3.11. The molecule has 0 amide bonds. The summed E-state index contributed by atoms with van der Waals surface area (Å²) in [5, 5.41) is 8.95. The van der Waals surface area contributed by atoms with Gasteiger partial charge in [0, 0.05) is 6.04 Å². The number of hydrogen-bond acceptors (Lipinski definition) is 5. The molecule has 3 rings (SSSR count). The highest BCUT2D eigenvalue weighted by Crippen LogP contribution is 2.45. The van der Waals surface area contributed by atoms with E-state index < -0.39 is 16.0 Å². The minimum atomic E-state index is -3.78. The molecule has 2 fully saturated rings. The summed E-state index contributed by atoms with van der Waals surface area (Å²) in [4.78, 5) is 14.6. The number of carboxylic acids is 1. The summed E-state index contributed by atoms with van der Waals surface area (Å²) in [6.45, 7) is 0. The molecule has 6 nitrogen and oxygen atoms in total. The molecule has 0 saturated heterocycles. The van der Waals surface area contributed by atoms with Crippen LogP contribution < -0.4 is 4.72 Å². The second-order valence-corrected chi connectivity index (χ2v) is 7.88. The molecule has 2 saturated carbocycles. The smallest absolute Gasteiger partial charge is 0.356 e. The molecule has 2 aliphatic rings. The highest BCUT2D eigenvalue weighted by atomic mass is 32.2. The van der Waals surface area contributed by atoms with Crippen molar-refractivity contribution in [2.75, 3.05) is 0 Å². The molecule has 104 valence electrons. The van der Waals surface area contributed by atoms with Gasteiger partial charge in [-0.05, 0) is 37.5 Å². The van der Waals surface area contributed by atoms with Crippen molar-refractivity contribution in [2.24, 2.45) is 11.8 Å². The zero-order chi connectivity index (χ0) is 13.6. The number of aromatic nitrogens is 1. The normalized spacial score (nSPS) is 19.8. The lowest BCUT2D eigenvalue weighted by Crippen LogP contribution is -2.38. The fourth-order valence-corrected chi connectivity index (χ4v) is 4.82. The van der Waals surface area contributed by atoms with Gasteiger partial charge in [0.15, 0.2) is 9.90 Å². The molecule has 2 N–H and O–H groups in total. The van der Waals surface area contributed by atoms with Crippen molar-refractivity contribution >= 4 is 27.3 Å². The molecule has 8 heteroatoms. The summed E-state index contributed by atoms with van der Waals surface area (Å²) < 4.78 is 27.1. The monoisotopic (exact) mass is 302 g/mol. The molecule has 1 aromatic heterocycles. The molecular formula is C11H14N2O4S2. The second-order valence-electron chi connectivity index (χ2n) is 5.12. The van der Waals surface area contributed by atoms with Crippen LogP contribution in [0.5, 0.6) is 0 Å². The third-order valence-electron chi connectivity index (χ3n) is 3.53. The number of sulfonamides is 1. The van der Waals surface area contributed by atoms with E-state index in [1.165, 1.54) is 5.51 Å². The summed E-state index contributed by atoms with van der Waals surface area (Å²) in [6.07, 6.45) is 4.21. The maximum Gasteiger partial charge on any atom is 0.356 e. The number of rotatable bonds is 6. The second kappa shape index (κ2) is 4.53. The zero-order valence-corrected chi connectivity index (χ0v) is 11.7. The quantitative estimate of drug-likeness (QED) is 0.826. The van der Waals surface area contributed by atoms with E-state index in [2.05, 4.69) is 9.71 Å². The number of aromatic carboxylic acids is 1. The van der Waals surface area contributed by atoms with Gasteiger partial charge in [-0.1, -0.05) is 0 Å². The van der Waals surface area contributed by atoms with Gasteiger partial charge in [0.1, 0.15) is 0 Å². The summed E-state index contributed by atoms with van der Waals surface area (Å²) in [5.74, 6) is -0.469. The van der Waals surface area contributed by atoms with Gasteiger partial charge in [0.05, 0.1) is 5.51 Å². The van der Waals surface area contributed by atoms with Crippen molar-refractivity contribution < 1.29 is 18.3 Å². The van der Waals surface area contributed by atoms with Crippen LogP contribution >= 0.6 is 11.3 Å². The van der Waals surface area contributed by atoms with Crippen LogP contribution in [0, 0.1) is 11.8 Å². The zero-order valence-electron chi connectivity index (χ0n) is 10.1. The molecule has 0 atom stereocenters. The molecular weight excluding hydrogens is 288 g/mol. The van der Waals surface area contributed by atoms with Crippen molar-refractivity contribution in [3.63, 3.8) is 0 Å². The van der Waals surface area contributed by atoms with Crippen LogP contribution in [0.25, 0.3) is 0 Å². The van der Waals surface area contributed by atoms with E-state index in [1.807, 2.05) is 0 Å². The lowest BCUT2D eigenvalue weighted by atomic mass is 10.1. The van der Waals surface area contributed by atoms with Gasteiger partial charge in [0.25, 0.3) is 10.0 Å². The van der Waals surface area contributed by atoms with Gasteiger partial charge in [-0.3, -0.25) is 0 Å². The summed E-state index contributed by atoms with van der Waals surface area (Å²) in [5.41, 5.74) is 0.865. The molecule has 19 heavy (non-hydrogen) atoms. The Labute approximate surface area is 114 Å². The molecule has 0 aliphatic heterocycles. The number of hydrogen-bond donors (Lipinski definition) is 2. The number of carbonyl (C=O) groups is 1. The maximum atomic E-state index is 12.3.